The van der Waals surface area contributed by atoms with Gasteiger partial charge in [-0.3, -0.25) is 9.69 Å². The van der Waals surface area contributed by atoms with Crippen LogP contribution < -0.4 is 5.32 Å². The van der Waals surface area contributed by atoms with Gasteiger partial charge in [0.1, 0.15) is 0 Å². The van der Waals surface area contributed by atoms with Gasteiger partial charge in [0.05, 0.1) is 11.4 Å². The maximum atomic E-state index is 12.9. The fraction of sp³-hybridized carbons (Fsp3) is 0.696. The monoisotopic (exact) mass is 431 g/mol. The Kier molecular flexibility index (Phi) is 5.19. The quantitative estimate of drug-likeness (QED) is 0.777. The molecule has 6 rings (SSSR count). The molecule has 7 heteroatoms. The van der Waals surface area contributed by atoms with Gasteiger partial charge in [0.2, 0.25) is 15.9 Å². The Labute approximate surface area is 180 Å². The lowest BCUT2D eigenvalue weighted by Gasteiger charge is -2.57. The topological polar surface area (TPSA) is 69.7 Å². The molecule has 1 N–H and O–H groups in total. The molecule has 1 aliphatic heterocycles. The third kappa shape index (κ3) is 3.92. The minimum absolute atomic E-state index is 0.0441. The number of carbonyl (C=O) groups is 1. The molecule has 0 unspecified atom stereocenters. The standard InChI is InChI=1S/C23H33N3O3S/c1-17-2-4-21(5-3-17)30(28,29)26-8-6-25(7-9-26)16-22(27)24-23-13-18-10-19(14-23)12-20(11-18)15-23/h2-5,18-20H,6-16H2,1H3,(H,24,27). The summed E-state index contributed by atoms with van der Waals surface area (Å²) in [4.78, 5) is 15.3. The van der Waals surface area contributed by atoms with Crippen LogP contribution in [0.5, 0.6) is 0 Å². The number of piperazine rings is 1. The van der Waals surface area contributed by atoms with Crippen LogP contribution in [0, 0.1) is 24.7 Å². The van der Waals surface area contributed by atoms with Crippen LogP contribution in [-0.4, -0.2) is 61.8 Å². The van der Waals surface area contributed by atoms with Crippen LogP contribution in [0.25, 0.3) is 0 Å². The van der Waals surface area contributed by atoms with Crippen molar-refractivity contribution in [1.82, 2.24) is 14.5 Å². The Hall–Kier alpha value is -1.44. The molecule has 4 aliphatic carbocycles. The van der Waals surface area contributed by atoms with Crippen molar-refractivity contribution in [2.24, 2.45) is 17.8 Å². The van der Waals surface area contributed by atoms with Crippen molar-refractivity contribution in [3.63, 3.8) is 0 Å². The van der Waals surface area contributed by atoms with Gasteiger partial charge in [-0.25, -0.2) is 8.42 Å². The average Bonchev–Trinajstić information content (AvgIpc) is 2.67. The van der Waals surface area contributed by atoms with E-state index in [-0.39, 0.29) is 11.4 Å². The molecule has 0 aromatic heterocycles. The molecule has 0 radical (unpaired) electrons. The zero-order chi connectivity index (χ0) is 20.9. The molecule has 164 valence electrons. The van der Waals surface area contributed by atoms with Gasteiger partial charge >= 0.3 is 0 Å². The van der Waals surface area contributed by atoms with Crippen molar-refractivity contribution in [2.45, 2.75) is 55.9 Å². The van der Waals surface area contributed by atoms with Gasteiger partial charge in [0, 0.05) is 31.7 Å². The van der Waals surface area contributed by atoms with Gasteiger partial charge in [-0.15, -0.1) is 0 Å². The van der Waals surface area contributed by atoms with Crippen LogP contribution in [0.15, 0.2) is 29.2 Å². The first-order valence-electron chi connectivity index (χ1n) is 11.4. The largest absolute Gasteiger partial charge is 0.350 e. The number of hydrogen-bond donors (Lipinski definition) is 1. The number of sulfonamides is 1. The number of nitrogens with zero attached hydrogens (tertiary/aromatic N) is 2. The molecular weight excluding hydrogens is 398 g/mol. The Morgan fingerprint density at radius 3 is 2.03 bits per heavy atom. The minimum atomic E-state index is -3.46. The molecule has 6 nitrogen and oxygen atoms in total. The Balaban J connectivity index is 1.15. The number of carbonyl (C=O) groups excluding carboxylic acids is 1. The second-order valence-electron chi connectivity index (χ2n) is 10.2. The number of rotatable bonds is 5. The lowest BCUT2D eigenvalue weighted by molar-refractivity contribution is -0.128. The third-order valence-electron chi connectivity index (χ3n) is 7.80. The molecule has 1 aromatic carbocycles. The van der Waals surface area contributed by atoms with E-state index in [0.717, 1.165) is 42.6 Å². The van der Waals surface area contributed by atoms with Crippen LogP contribution in [0.3, 0.4) is 0 Å². The molecular formula is C23H33N3O3S. The van der Waals surface area contributed by atoms with E-state index in [1.807, 2.05) is 19.1 Å². The number of benzene rings is 1. The number of hydrogen-bond acceptors (Lipinski definition) is 4. The molecule has 1 saturated heterocycles. The first kappa shape index (κ1) is 20.5. The van der Waals surface area contributed by atoms with Crippen molar-refractivity contribution in [2.75, 3.05) is 32.7 Å². The van der Waals surface area contributed by atoms with Crippen LogP contribution >= 0.6 is 0 Å². The van der Waals surface area contributed by atoms with Crippen molar-refractivity contribution in [3.8, 4) is 0 Å². The predicted octanol–water partition coefficient (Wildman–Crippen LogP) is 2.39. The summed E-state index contributed by atoms with van der Waals surface area (Å²) in [5.74, 6) is 2.55. The van der Waals surface area contributed by atoms with Gasteiger partial charge in [-0.05, 0) is 75.3 Å². The Morgan fingerprint density at radius 2 is 1.50 bits per heavy atom. The molecule has 5 aliphatic rings. The minimum Gasteiger partial charge on any atom is -0.350 e. The van der Waals surface area contributed by atoms with Crippen molar-refractivity contribution in [1.29, 1.82) is 0 Å². The fourth-order valence-corrected chi connectivity index (χ4v) is 8.21. The van der Waals surface area contributed by atoms with Crippen molar-refractivity contribution >= 4 is 15.9 Å². The SMILES string of the molecule is Cc1ccc(S(=O)(=O)N2CCN(CC(=O)NC34CC5CC(CC(C5)C3)C4)CC2)cc1. The first-order valence-corrected chi connectivity index (χ1v) is 12.9. The maximum absolute atomic E-state index is 12.9. The number of nitrogens with one attached hydrogen (secondary N) is 1. The van der Waals surface area contributed by atoms with Gasteiger partial charge in [0.25, 0.3) is 0 Å². The van der Waals surface area contributed by atoms with Crippen LogP contribution in [0.2, 0.25) is 0 Å². The van der Waals surface area contributed by atoms with Gasteiger partial charge < -0.3 is 5.32 Å². The summed E-state index contributed by atoms with van der Waals surface area (Å²) in [6, 6.07) is 7.02. The van der Waals surface area contributed by atoms with Crippen LogP contribution in [-0.2, 0) is 14.8 Å². The second-order valence-corrected chi connectivity index (χ2v) is 12.2. The average molecular weight is 432 g/mol. The highest BCUT2D eigenvalue weighted by atomic mass is 32.2. The third-order valence-corrected chi connectivity index (χ3v) is 9.71. The summed E-state index contributed by atoms with van der Waals surface area (Å²) in [5, 5.41) is 3.43. The molecule has 1 amide bonds. The smallest absolute Gasteiger partial charge is 0.243 e. The van der Waals surface area contributed by atoms with E-state index in [4.69, 9.17) is 0 Å². The Bertz CT molecular complexity index is 869. The van der Waals surface area contributed by atoms with E-state index in [9.17, 15) is 13.2 Å². The van der Waals surface area contributed by atoms with Crippen LogP contribution in [0.1, 0.15) is 44.1 Å². The van der Waals surface area contributed by atoms with Crippen LogP contribution in [0.4, 0.5) is 0 Å². The normalized spacial score (nSPS) is 34.2. The number of aryl methyl sites for hydroxylation is 1. The van der Waals surface area contributed by atoms with Crippen molar-refractivity contribution < 1.29 is 13.2 Å². The zero-order valence-corrected chi connectivity index (χ0v) is 18.7. The molecule has 4 bridgehead atoms. The molecule has 1 heterocycles. The molecule has 5 fully saturated rings. The van der Waals surface area contributed by atoms with E-state index in [1.54, 1.807) is 16.4 Å². The zero-order valence-electron chi connectivity index (χ0n) is 17.8. The molecule has 4 saturated carbocycles. The Morgan fingerprint density at radius 1 is 0.967 bits per heavy atom. The highest BCUT2D eigenvalue weighted by Gasteiger charge is 2.51. The first-order chi connectivity index (χ1) is 14.3. The lowest BCUT2D eigenvalue weighted by atomic mass is 9.53. The van der Waals surface area contributed by atoms with Crippen molar-refractivity contribution in [3.05, 3.63) is 29.8 Å². The van der Waals surface area contributed by atoms with Gasteiger partial charge in [-0.1, -0.05) is 17.7 Å². The number of amides is 1. The summed E-state index contributed by atoms with van der Waals surface area (Å²) in [5.41, 5.74) is 1.09. The fourth-order valence-electron chi connectivity index (χ4n) is 6.79. The van der Waals surface area contributed by atoms with Gasteiger partial charge in [0.15, 0.2) is 0 Å². The summed E-state index contributed by atoms with van der Waals surface area (Å²) in [6.45, 7) is 4.38. The van der Waals surface area contributed by atoms with E-state index in [1.165, 1.54) is 19.3 Å². The maximum Gasteiger partial charge on any atom is 0.243 e. The second kappa shape index (κ2) is 7.61. The summed E-state index contributed by atoms with van der Waals surface area (Å²) >= 11 is 0. The molecule has 0 atom stereocenters. The van der Waals surface area contributed by atoms with E-state index in [0.29, 0.717) is 37.6 Å². The van der Waals surface area contributed by atoms with E-state index < -0.39 is 10.0 Å². The molecule has 30 heavy (non-hydrogen) atoms. The molecule has 1 aromatic rings. The predicted molar refractivity (Wildman–Crippen MR) is 115 cm³/mol. The summed E-state index contributed by atoms with van der Waals surface area (Å²) < 4.78 is 27.3. The van der Waals surface area contributed by atoms with Gasteiger partial charge in [-0.2, -0.15) is 4.31 Å². The van der Waals surface area contributed by atoms with E-state index >= 15 is 0 Å². The summed E-state index contributed by atoms with van der Waals surface area (Å²) in [7, 11) is -3.46. The summed E-state index contributed by atoms with van der Waals surface area (Å²) in [6.07, 6.45) is 7.58. The lowest BCUT2D eigenvalue weighted by Crippen LogP contribution is -2.61. The highest BCUT2D eigenvalue weighted by Crippen LogP contribution is 2.55. The molecule has 0 spiro atoms. The highest BCUT2D eigenvalue weighted by molar-refractivity contribution is 7.89. The van der Waals surface area contributed by atoms with E-state index in [2.05, 4.69) is 10.2 Å².